The van der Waals surface area contributed by atoms with Gasteiger partial charge in [0.25, 0.3) is 0 Å². The number of hydrogen-bond donors (Lipinski definition) is 0. The monoisotopic (exact) mass is 556 g/mol. The van der Waals surface area contributed by atoms with Crippen LogP contribution >= 0.6 is 0 Å². The summed E-state index contributed by atoms with van der Waals surface area (Å²) in [6.07, 6.45) is 14.2. The summed E-state index contributed by atoms with van der Waals surface area (Å²) in [5.41, 5.74) is -0.961. The van der Waals surface area contributed by atoms with Crippen LogP contribution in [0.25, 0.3) is 0 Å². The van der Waals surface area contributed by atoms with Gasteiger partial charge in [-0.1, -0.05) is 67.2 Å². The van der Waals surface area contributed by atoms with Crippen LogP contribution in [0.4, 0.5) is 0 Å². The summed E-state index contributed by atoms with van der Waals surface area (Å²) in [6.45, 7) is 15.5. The Morgan fingerprint density at radius 3 is 1.98 bits per heavy atom. The SMILES string of the molecule is CCC1C(CC)C2(C=O)CC(C=O)CC[C@]2(C)[C@@H]2CC[C@@]3(C)[C@@H](C(CC)C(CC)C3(C=O)CCC3OCCO3)[C@H]12. The molecule has 4 saturated carbocycles. The zero-order chi connectivity index (χ0) is 28.9. The van der Waals surface area contributed by atoms with Crippen molar-refractivity contribution in [2.24, 2.45) is 69.0 Å². The predicted molar refractivity (Wildman–Crippen MR) is 156 cm³/mol. The number of aldehydes is 3. The molecule has 5 heteroatoms. The smallest absolute Gasteiger partial charge is 0.157 e. The molecule has 0 bridgehead atoms. The lowest BCUT2D eigenvalue weighted by molar-refractivity contribution is -0.221. The molecule has 0 spiro atoms. The summed E-state index contributed by atoms with van der Waals surface area (Å²) in [4.78, 5) is 39.0. The zero-order valence-electron chi connectivity index (χ0n) is 26.2. The van der Waals surface area contributed by atoms with Crippen molar-refractivity contribution in [3.63, 3.8) is 0 Å². The van der Waals surface area contributed by atoms with E-state index in [2.05, 4.69) is 41.5 Å². The van der Waals surface area contributed by atoms with Gasteiger partial charge < -0.3 is 23.9 Å². The Morgan fingerprint density at radius 2 is 1.43 bits per heavy atom. The average molecular weight is 557 g/mol. The van der Waals surface area contributed by atoms with Crippen molar-refractivity contribution in [3.05, 3.63) is 0 Å². The van der Waals surface area contributed by atoms with E-state index in [-0.39, 0.29) is 34.4 Å². The second-order valence-electron chi connectivity index (χ2n) is 14.9. The van der Waals surface area contributed by atoms with E-state index >= 15 is 0 Å². The van der Waals surface area contributed by atoms with Crippen LogP contribution < -0.4 is 0 Å². The van der Waals surface area contributed by atoms with Crippen molar-refractivity contribution < 1.29 is 23.9 Å². The minimum absolute atomic E-state index is 0.00248. The highest BCUT2D eigenvalue weighted by atomic mass is 16.7. The Balaban J connectivity index is 1.63. The molecule has 1 saturated heterocycles. The van der Waals surface area contributed by atoms with Gasteiger partial charge in [-0.15, -0.1) is 0 Å². The maximum absolute atomic E-state index is 13.6. The highest BCUT2D eigenvalue weighted by molar-refractivity contribution is 5.66. The molecule has 12 atom stereocenters. The fraction of sp³-hybridized carbons (Fsp3) is 0.914. The minimum Gasteiger partial charge on any atom is -0.350 e. The van der Waals surface area contributed by atoms with Crippen molar-refractivity contribution in [2.75, 3.05) is 13.2 Å². The van der Waals surface area contributed by atoms with E-state index < -0.39 is 5.41 Å². The van der Waals surface area contributed by atoms with Gasteiger partial charge in [0.1, 0.15) is 18.9 Å². The molecule has 5 rings (SSSR count). The van der Waals surface area contributed by atoms with E-state index in [0.29, 0.717) is 48.7 Å². The summed E-state index contributed by atoms with van der Waals surface area (Å²) >= 11 is 0. The predicted octanol–water partition coefficient (Wildman–Crippen LogP) is 7.30. The van der Waals surface area contributed by atoms with Gasteiger partial charge in [-0.2, -0.15) is 0 Å². The summed E-state index contributed by atoms with van der Waals surface area (Å²) < 4.78 is 11.7. The third-order valence-electron chi connectivity index (χ3n) is 14.4. The van der Waals surface area contributed by atoms with Gasteiger partial charge >= 0.3 is 0 Å². The van der Waals surface area contributed by atoms with E-state index in [0.717, 1.165) is 76.9 Å². The van der Waals surface area contributed by atoms with Crippen LogP contribution in [0.2, 0.25) is 0 Å². The standard InChI is InChI=1S/C35H56O5/c1-7-24-26(9-3)35(22-38)19-23(20-36)11-14-32(35,5)28-12-15-33(6)31(30(24)28)25(8-2)27(10-4)34(33,21-37)16-13-29-39-17-18-40-29/h20-31H,7-19H2,1-6H3/t23?,24?,25?,26?,27?,28-,30-,31+,32-,33+,34?,35?/m1/s1. The number of fused-ring (bicyclic) bond motifs is 5. The van der Waals surface area contributed by atoms with Crippen molar-refractivity contribution in [1.29, 1.82) is 0 Å². The molecule has 0 radical (unpaired) electrons. The van der Waals surface area contributed by atoms with Crippen LogP contribution in [0.5, 0.6) is 0 Å². The molecule has 5 aliphatic rings. The molecule has 5 fully saturated rings. The number of ether oxygens (including phenoxy) is 2. The Bertz CT molecular complexity index is 944. The Kier molecular flexibility index (Phi) is 8.52. The normalized spacial score (nSPS) is 50.5. The zero-order valence-corrected chi connectivity index (χ0v) is 26.2. The van der Waals surface area contributed by atoms with Crippen molar-refractivity contribution in [1.82, 2.24) is 0 Å². The van der Waals surface area contributed by atoms with E-state index in [4.69, 9.17) is 9.47 Å². The van der Waals surface area contributed by atoms with Crippen LogP contribution in [0.15, 0.2) is 0 Å². The molecule has 7 unspecified atom stereocenters. The molecule has 40 heavy (non-hydrogen) atoms. The molecule has 226 valence electrons. The number of hydrogen-bond acceptors (Lipinski definition) is 5. The van der Waals surface area contributed by atoms with Crippen molar-refractivity contribution >= 4 is 18.9 Å². The van der Waals surface area contributed by atoms with Crippen LogP contribution in [0.3, 0.4) is 0 Å². The van der Waals surface area contributed by atoms with E-state index in [1.54, 1.807) is 0 Å². The first kappa shape index (κ1) is 30.4. The molecule has 1 aliphatic heterocycles. The Morgan fingerprint density at radius 1 is 0.775 bits per heavy atom. The number of carbonyl (C=O) groups is 3. The van der Waals surface area contributed by atoms with Gasteiger partial charge in [-0.25, -0.2) is 0 Å². The fourth-order valence-corrected chi connectivity index (χ4v) is 12.9. The molecular formula is C35H56O5. The third kappa shape index (κ3) is 3.87. The lowest BCUT2D eigenvalue weighted by Gasteiger charge is -2.70. The van der Waals surface area contributed by atoms with Gasteiger partial charge in [0.2, 0.25) is 0 Å². The highest BCUT2D eigenvalue weighted by Crippen LogP contribution is 2.78. The number of carbonyl (C=O) groups excluding carboxylic acids is 3. The van der Waals surface area contributed by atoms with Gasteiger partial charge in [-0.3, -0.25) is 0 Å². The van der Waals surface area contributed by atoms with Gasteiger partial charge in [0.05, 0.1) is 13.2 Å². The van der Waals surface area contributed by atoms with Crippen molar-refractivity contribution in [3.8, 4) is 0 Å². The number of rotatable bonds is 10. The molecule has 0 aromatic carbocycles. The first-order valence-corrected chi connectivity index (χ1v) is 16.8. The van der Waals surface area contributed by atoms with Crippen LogP contribution in [0, 0.1) is 69.0 Å². The molecule has 4 aliphatic carbocycles. The maximum Gasteiger partial charge on any atom is 0.157 e. The van der Waals surface area contributed by atoms with E-state index in [1.807, 2.05) is 0 Å². The van der Waals surface area contributed by atoms with Crippen LogP contribution in [-0.2, 0) is 23.9 Å². The minimum atomic E-state index is -0.426. The fourth-order valence-electron chi connectivity index (χ4n) is 12.9. The quantitative estimate of drug-likeness (QED) is 0.264. The lowest BCUT2D eigenvalue weighted by atomic mass is 9.33. The topological polar surface area (TPSA) is 69.7 Å². The Labute approximate surface area is 243 Å². The van der Waals surface area contributed by atoms with Gasteiger partial charge in [0, 0.05) is 16.7 Å². The second kappa shape index (κ2) is 11.2. The van der Waals surface area contributed by atoms with Crippen LogP contribution in [-0.4, -0.2) is 38.4 Å². The third-order valence-corrected chi connectivity index (χ3v) is 14.4. The molecule has 1 heterocycles. The largest absolute Gasteiger partial charge is 0.350 e. The average Bonchev–Trinajstić information content (AvgIpc) is 3.57. The Hall–Kier alpha value is -1.07. The van der Waals surface area contributed by atoms with E-state index in [9.17, 15) is 14.4 Å². The summed E-state index contributed by atoms with van der Waals surface area (Å²) in [7, 11) is 0. The summed E-state index contributed by atoms with van der Waals surface area (Å²) in [5, 5.41) is 0. The van der Waals surface area contributed by atoms with Crippen molar-refractivity contribution in [2.45, 2.75) is 118 Å². The first-order chi connectivity index (χ1) is 19.2. The lowest BCUT2D eigenvalue weighted by Crippen LogP contribution is -2.66. The molecule has 5 nitrogen and oxygen atoms in total. The molecular weight excluding hydrogens is 500 g/mol. The molecule has 0 N–H and O–H groups in total. The van der Waals surface area contributed by atoms with Gasteiger partial charge in [0.15, 0.2) is 6.29 Å². The molecule has 0 amide bonds. The van der Waals surface area contributed by atoms with Crippen LogP contribution in [0.1, 0.15) is 112 Å². The molecule has 0 aromatic heterocycles. The summed E-state index contributed by atoms with van der Waals surface area (Å²) in [6, 6.07) is 0. The highest BCUT2D eigenvalue weighted by Gasteiger charge is 2.74. The van der Waals surface area contributed by atoms with Gasteiger partial charge in [-0.05, 0) is 97.2 Å². The molecule has 0 aromatic rings. The second-order valence-corrected chi connectivity index (χ2v) is 14.9. The first-order valence-electron chi connectivity index (χ1n) is 16.8. The maximum atomic E-state index is 13.6. The summed E-state index contributed by atoms with van der Waals surface area (Å²) in [5.74, 6) is 3.04. The van der Waals surface area contributed by atoms with E-state index in [1.165, 1.54) is 12.6 Å².